The quantitative estimate of drug-likeness (QED) is 0.218. The number of nitrogens with zero attached hydrogens (tertiary/aromatic N) is 3. The smallest absolute Gasteiger partial charge is 0.253 e. The average molecular weight is 483 g/mol. The fraction of sp³-hybridized carbons (Fsp3) is 0.280. The first kappa shape index (κ1) is 24.7. The fourth-order valence-electron chi connectivity index (χ4n) is 3.38. The molecule has 0 saturated heterocycles. The van der Waals surface area contributed by atoms with Crippen LogP contribution in [0.4, 0.5) is 0 Å². The molecule has 0 aliphatic carbocycles. The molecule has 0 aliphatic rings. The molecule has 0 bridgehead atoms. The van der Waals surface area contributed by atoms with Crippen LogP contribution in [-0.2, 0) is 6.54 Å². The maximum atomic E-state index is 13.0. The topological polar surface area (TPSA) is 76.9 Å². The minimum Gasteiger partial charge on any atom is -0.342 e. The van der Waals surface area contributed by atoms with E-state index >= 15 is 0 Å². The number of Topliss-reactive ketones (excluding diaryl/α,β-unsaturated/α-hetero) is 1. The monoisotopic (exact) mass is 482 g/mol. The number of rotatable bonds is 11. The number of thioether (sulfide) groups is 1. The number of benzene rings is 2. The fourth-order valence-corrected chi connectivity index (χ4v) is 4.46. The molecule has 1 atom stereocenters. The maximum Gasteiger partial charge on any atom is 0.253 e. The lowest BCUT2D eigenvalue weighted by Gasteiger charge is -2.21. The van der Waals surface area contributed by atoms with Gasteiger partial charge in [-0.15, -0.1) is 16.8 Å². The summed E-state index contributed by atoms with van der Waals surface area (Å²) in [5.41, 5.74) is 1.07. The number of halogens is 1. The molecule has 1 heterocycles. The van der Waals surface area contributed by atoms with Gasteiger partial charge in [0.05, 0.1) is 22.4 Å². The summed E-state index contributed by atoms with van der Waals surface area (Å²) in [6, 6.07) is 15.7. The Morgan fingerprint density at radius 3 is 2.48 bits per heavy atom. The molecule has 0 radical (unpaired) electrons. The summed E-state index contributed by atoms with van der Waals surface area (Å²) in [7, 11) is 0. The van der Waals surface area contributed by atoms with Crippen molar-refractivity contribution in [1.29, 1.82) is 0 Å². The van der Waals surface area contributed by atoms with Gasteiger partial charge >= 0.3 is 0 Å². The predicted molar refractivity (Wildman–Crippen MR) is 133 cm³/mol. The average Bonchev–Trinajstić information content (AvgIpc) is 3.20. The summed E-state index contributed by atoms with van der Waals surface area (Å²) < 4.78 is 1.90. The van der Waals surface area contributed by atoms with E-state index in [0.717, 1.165) is 0 Å². The highest BCUT2D eigenvalue weighted by Crippen LogP contribution is 2.26. The van der Waals surface area contributed by atoms with Crippen LogP contribution in [0.25, 0.3) is 0 Å². The van der Waals surface area contributed by atoms with E-state index in [2.05, 4.69) is 35.9 Å². The summed E-state index contributed by atoms with van der Waals surface area (Å²) in [6.45, 7) is 8.46. The maximum absolute atomic E-state index is 13.0. The molecule has 0 spiro atoms. The highest BCUT2D eigenvalue weighted by atomic mass is 35.5. The van der Waals surface area contributed by atoms with E-state index in [0.29, 0.717) is 46.0 Å². The van der Waals surface area contributed by atoms with Crippen LogP contribution < -0.4 is 5.32 Å². The van der Waals surface area contributed by atoms with E-state index < -0.39 is 0 Å². The van der Waals surface area contributed by atoms with Crippen molar-refractivity contribution in [2.75, 3.05) is 5.75 Å². The zero-order valence-corrected chi connectivity index (χ0v) is 20.3. The number of allylic oxidation sites excluding steroid dienone is 1. The number of carbonyl (C=O) groups excluding carboxylic acids is 2. The van der Waals surface area contributed by atoms with Crippen LogP contribution in [0.3, 0.4) is 0 Å². The lowest BCUT2D eigenvalue weighted by Crippen LogP contribution is -2.32. The van der Waals surface area contributed by atoms with E-state index in [1.807, 2.05) is 22.8 Å². The molecule has 0 fully saturated rings. The van der Waals surface area contributed by atoms with E-state index in [1.165, 1.54) is 11.8 Å². The summed E-state index contributed by atoms with van der Waals surface area (Å²) in [5, 5.41) is 12.8. The van der Waals surface area contributed by atoms with Crippen LogP contribution in [0.2, 0.25) is 5.02 Å². The molecule has 33 heavy (non-hydrogen) atoms. The standard InChI is InChI=1S/C25H27ClN4O2S/c1-4-14-30-23(28-29-25(30)33-16-22(31)18-10-6-5-7-11-18)21(15-17(2)3)27-24(32)19-12-8-9-13-20(19)26/h4-13,17,21H,1,14-16H2,2-3H3,(H,27,32)/t21-/m0/s1. The summed E-state index contributed by atoms with van der Waals surface area (Å²) in [6.07, 6.45) is 2.41. The van der Waals surface area contributed by atoms with Gasteiger partial charge in [-0.2, -0.15) is 0 Å². The molecule has 1 amide bonds. The molecule has 1 N–H and O–H groups in total. The van der Waals surface area contributed by atoms with Crippen LogP contribution in [-0.4, -0.2) is 32.2 Å². The molecule has 1 aromatic heterocycles. The zero-order valence-electron chi connectivity index (χ0n) is 18.7. The number of carbonyl (C=O) groups is 2. The first-order valence-electron chi connectivity index (χ1n) is 10.7. The molecular formula is C25H27ClN4O2S. The molecule has 2 aromatic carbocycles. The van der Waals surface area contributed by atoms with Crippen LogP contribution in [0, 0.1) is 5.92 Å². The highest BCUT2D eigenvalue weighted by molar-refractivity contribution is 7.99. The third kappa shape index (κ3) is 6.55. The Balaban J connectivity index is 1.83. The zero-order chi connectivity index (χ0) is 23.8. The van der Waals surface area contributed by atoms with Crippen LogP contribution in [0.15, 0.2) is 72.4 Å². The van der Waals surface area contributed by atoms with E-state index in [-0.39, 0.29) is 23.5 Å². The number of aromatic nitrogens is 3. The lowest BCUT2D eigenvalue weighted by molar-refractivity contribution is 0.0928. The summed E-state index contributed by atoms with van der Waals surface area (Å²) in [5.74, 6) is 0.902. The second-order valence-electron chi connectivity index (χ2n) is 7.95. The van der Waals surface area contributed by atoms with Crippen molar-refractivity contribution in [3.05, 3.63) is 89.2 Å². The summed E-state index contributed by atoms with van der Waals surface area (Å²) >= 11 is 7.54. The van der Waals surface area contributed by atoms with Crippen LogP contribution in [0.1, 0.15) is 52.9 Å². The number of ketones is 1. The third-order valence-corrected chi connectivity index (χ3v) is 6.22. The highest BCUT2D eigenvalue weighted by Gasteiger charge is 2.25. The normalized spacial score (nSPS) is 11.9. The lowest BCUT2D eigenvalue weighted by atomic mass is 10.0. The van der Waals surface area contributed by atoms with Gasteiger partial charge in [0, 0.05) is 12.1 Å². The van der Waals surface area contributed by atoms with Gasteiger partial charge in [0.15, 0.2) is 16.8 Å². The largest absolute Gasteiger partial charge is 0.342 e. The van der Waals surface area contributed by atoms with Crippen LogP contribution in [0.5, 0.6) is 0 Å². The van der Waals surface area contributed by atoms with Crippen molar-refractivity contribution >= 4 is 35.1 Å². The van der Waals surface area contributed by atoms with Gasteiger partial charge in [-0.05, 0) is 24.5 Å². The Labute approximate surface area is 203 Å². The molecule has 172 valence electrons. The summed E-state index contributed by atoms with van der Waals surface area (Å²) in [4.78, 5) is 25.5. The second kappa shape index (κ2) is 11.8. The molecule has 0 aliphatic heterocycles. The van der Waals surface area contributed by atoms with Gasteiger partial charge in [0.1, 0.15) is 0 Å². The van der Waals surface area contributed by atoms with Crippen molar-refractivity contribution in [1.82, 2.24) is 20.1 Å². The number of amides is 1. The molecular weight excluding hydrogens is 456 g/mol. The number of hydrogen-bond acceptors (Lipinski definition) is 5. The SMILES string of the molecule is C=CCn1c(SCC(=O)c2ccccc2)nnc1[C@H](CC(C)C)NC(=O)c1ccccc1Cl. The van der Waals surface area contributed by atoms with E-state index in [1.54, 1.807) is 42.5 Å². The first-order valence-corrected chi connectivity index (χ1v) is 12.1. The van der Waals surface area contributed by atoms with Crippen molar-refractivity contribution in [2.24, 2.45) is 5.92 Å². The third-order valence-electron chi connectivity index (χ3n) is 4.93. The van der Waals surface area contributed by atoms with Gasteiger partial charge in [0.2, 0.25) is 0 Å². The molecule has 8 heteroatoms. The van der Waals surface area contributed by atoms with Crippen molar-refractivity contribution in [3.8, 4) is 0 Å². The van der Waals surface area contributed by atoms with Gasteiger partial charge < -0.3 is 9.88 Å². The number of hydrogen-bond donors (Lipinski definition) is 1. The van der Waals surface area contributed by atoms with Crippen molar-refractivity contribution in [2.45, 2.75) is 38.0 Å². The Morgan fingerprint density at radius 2 is 1.82 bits per heavy atom. The van der Waals surface area contributed by atoms with E-state index in [9.17, 15) is 9.59 Å². The van der Waals surface area contributed by atoms with Crippen molar-refractivity contribution < 1.29 is 9.59 Å². The molecule has 6 nitrogen and oxygen atoms in total. The van der Waals surface area contributed by atoms with E-state index in [4.69, 9.17) is 11.6 Å². The van der Waals surface area contributed by atoms with Crippen LogP contribution >= 0.6 is 23.4 Å². The minimum atomic E-state index is -0.375. The Kier molecular flexibility index (Phi) is 8.86. The second-order valence-corrected chi connectivity index (χ2v) is 9.30. The Bertz CT molecular complexity index is 1110. The molecule has 3 rings (SSSR count). The van der Waals surface area contributed by atoms with Gasteiger partial charge in [0.25, 0.3) is 5.91 Å². The van der Waals surface area contributed by atoms with Crippen molar-refractivity contribution in [3.63, 3.8) is 0 Å². The number of nitrogens with one attached hydrogen (secondary N) is 1. The minimum absolute atomic E-state index is 0.0149. The molecule has 3 aromatic rings. The van der Waals surface area contributed by atoms with Gasteiger partial charge in [-0.3, -0.25) is 9.59 Å². The van der Waals surface area contributed by atoms with Gasteiger partial charge in [-0.25, -0.2) is 0 Å². The molecule has 0 unspecified atom stereocenters. The van der Waals surface area contributed by atoms with Gasteiger partial charge in [-0.1, -0.05) is 85.8 Å². The Hall–Kier alpha value is -2.90. The molecule has 0 saturated carbocycles. The Morgan fingerprint density at radius 1 is 1.12 bits per heavy atom. The predicted octanol–water partition coefficient (Wildman–Crippen LogP) is 5.61. The first-order chi connectivity index (χ1) is 15.9.